The minimum absolute atomic E-state index is 0.153. The Balaban J connectivity index is 1.55. The molecule has 0 aliphatic rings. The summed E-state index contributed by atoms with van der Waals surface area (Å²) >= 11 is 1.30. The topological polar surface area (TPSA) is 86.8 Å². The van der Waals surface area contributed by atoms with E-state index in [1.807, 2.05) is 30.3 Å². The predicted molar refractivity (Wildman–Crippen MR) is 110 cm³/mol. The lowest BCUT2D eigenvalue weighted by atomic mass is 10.1. The Kier molecular flexibility index (Phi) is 6.80. The molecule has 1 aromatic heterocycles. The number of nitrogens with one attached hydrogen (secondary N) is 1. The van der Waals surface area contributed by atoms with E-state index in [0.29, 0.717) is 28.7 Å². The van der Waals surface area contributed by atoms with Gasteiger partial charge in [-0.3, -0.25) is 4.79 Å². The van der Waals surface area contributed by atoms with Crippen LogP contribution in [0.4, 0.5) is 5.13 Å². The summed E-state index contributed by atoms with van der Waals surface area (Å²) in [5.41, 5.74) is 1.57. The van der Waals surface area contributed by atoms with Crippen molar-refractivity contribution in [1.82, 2.24) is 4.98 Å². The van der Waals surface area contributed by atoms with Gasteiger partial charge < -0.3 is 19.5 Å². The Labute approximate surface area is 172 Å². The number of ether oxygens (including phenoxy) is 3. The Morgan fingerprint density at radius 3 is 2.59 bits per heavy atom. The maximum absolute atomic E-state index is 12.4. The molecule has 2 aromatic carbocycles. The molecule has 29 heavy (non-hydrogen) atoms. The number of thiazole rings is 1. The van der Waals surface area contributed by atoms with E-state index in [2.05, 4.69) is 10.3 Å². The van der Waals surface area contributed by atoms with Crippen LogP contribution in [0.25, 0.3) is 0 Å². The molecule has 0 saturated carbocycles. The first kappa shape index (κ1) is 20.3. The number of nitrogens with zero attached hydrogens (tertiary/aromatic N) is 1. The van der Waals surface area contributed by atoms with Crippen LogP contribution < -0.4 is 14.8 Å². The first-order valence-electron chi connectivity index (χ1n) is 8.76. The van der Waals surface area contributed by atoms with E-state index in [4.69, 9.17) is 14.2 Å². The summed E-state index contributed by atoms with van der Waals surface area (Å²) in [5, 5.41) is 5.35. The lowest BCUT2D eigenvalue weighted by Crippen LogP contribution is -2.15. The summed E-state index contributed by atoms with van der Waals surface area (Å²) in [4.78, 5) is 28.8. The van der Waals surface area contributed by atoms with Crippen molar-refractivity contribution in [2.75, 3.05) is 26.1 Å². The second kappa shape index (κ2) is 9.70. The summed E-state index contributed by atoms with van der Waals surface area (Å²) in [5.74, 6) is -0.120. The number of esters is 1. The number of carbonyl (C=O) groups excluding carboxylic acids is 2. The van der Waals surface area contributed by atoms with Gasteiger partial charge in [0.05, 0.1) is 19.8 Å². The standard InChI is InChI=1S/C21H20N2O5S/c1-26-15-8-9-16(19(10-15)27-2)18(24)12-28-20(25)17-13-29-21(23-17)22-11-14-6-4-3-5-7-14/h3-10,13H,11-12H2,1-2H3,(H,22,23). The molecule has 0 fully saturated rings. The molecule has 1 heterocycles. The quantitative estimate of drug-likeness (QED) is 0.422. The van der Waals surface area contributed by atoms with Crippen LogP contribution in [0.2, 0.25) is 0 Å². The highest BCUT2D eigenvalue weighted by atomic mass is 32.1. The molecule has 0 unspecified atom stereocenters. The van der Waals surface area contributed by atoms with Gasteiger partial charge in [-0.05, 0) is 17.7 Å². The van der Waals surface area contributed by atoms with Gasteiger partial charge in [0.25, 0.3) is 0 Å². The lowest BCUT2D eigenvalue weighted by molar-refractivity contribution is 0.0469. The van der Waals surface area contributed by atoms with E-state index in [1.165, 1.54) is 25.6 Å². The van der Waals surface area contributed by atoms with Crippen molar-refractivity contribution in [2.45, 2.75) is 6.54 Å². The molecule has 0 radical (unpaired) electrons. The van der Waals surface area contributed by atoms with Gasteiger partial charge in [0.1, 0.15) is 11.5 Å². The van der Waals surface area contributed by atoms with E-state index in [0.717, 1.165) is 5.56 Å². The molecule has 0 aliphatic heterocycles. The molecular weight excluding hydrogens is 392 g/mol. The number of ketones is 1. The number of hydrogen-bond donors (Lipinski definition) is 1. The molecule has 150 valence electrons. The largest absolute Gasteiger partial charge is 0.497 e. The molecule has 7 nitrogen and oxygen atoms in total. The van der Waals surface area contributed by atoms with Crippen LogP contribution in [0, 0.1) is 0 Å². The summed E-state index contributed by atoms with van der Waals surface area (Å²) < 4.78 is 15.4. The number of Topliss-reactive ketones (excluding diaryl/α,β-unsaturated/α-hetero) is 1. The van der Waals surface area contributed by atoms with Crippen LogP contribution in [-0.4, -0.2) is 37.6 Å². The number of anilines is 1. The lowest BCUT2D eigenvalue weighted by Gasteiger charge is -2.09. The summed E-state index contributed by atoms with van der Waals surface area (Å²) in [6, 6.07) is 14.7. The van der Waals surface area contributed by atoms with E-state index < -0.39 is 12.6 Å². The summed E-state index contributed by atoms with van der Waals surface area (Å²) in [7, 11) is 2.98. The first-order valence-corrected chi connectivity index (χ1v) is 9.64. The molecule has 3 aromatic rings. The Hall–Kier alpha value is -3.39. The molecule has 8 heteroatoms. The highest BCUT2D eigenvalue weighted by molar-refractivity contribution is 7.13. The van der Waals surface area contributed by atoms with E-state index in [9.17, 15) is 9.59 Å². The number of methoxy groups -OCH3 is 2. The van der Waals surface area contributed by atoms with Crippen molar-refractivity contribution in [3.63, 3.8) is 0 Å². The Morgan fingerprint density at radius 2 is 1.86 bits per heavy atom. The maximum Gasteiger partial charge on any atom is 0.358 e. The molecule has 0 atom stereocenters. The van der Waals surface area contributed by atoms with Crippen LogP contribution >= 0.6 is 11.3 Å². The van der Waals surface area contributed by atoms with Crippen molar-refractivity contribution in [1.29, 1.82) is 0 Å². The smallest absolute Gasteiger partial charge is 0.358 e. The van der Waals surface area contributed by atoms with Gasteiger partial charge >= 0.3 is 5.97 Å². The summed E-state index contributed by atoms with van der Waals surface area (Å²) in [6.45, 7) is 0.185. The minimum atomic E-state index is -0.658. The summed E-state index contributed by atoms with van der Waals surface area (Å²) in [6.07, 6.45) is 0. The average molecular weight is 412 g/mol. The first-order chi connectivity index (χ1) is 14.1. The van der Waals surface area contributed by atoms with Crippen LogP contribution in [0.3, 0.4) is 0 Å². The SMILES string of the molecule is COc1ccc(C(=O)COC(=O)c2csc(NCc3ccccc3)n2)c(OC)c1. The zero-order chi connectivity index (χ0) is 20.6. The number of hydrogen-bond acceptors (Lipinski definition) is 8. The van der Waals surface area contributed by atoms with Gasteiger partial charge in [-0.15, -0.1) is 11.3 Å². The van der Waals surface area contributed by atoms with Crippen LogP contribution in [0.15, 0.2) is 53.9 Å². The third-order valence-electron chi connectivity index (χ3n) is 4.04. The number of aromatic nitrogens is 1. The molecule has 0 saturated heterocycles. The molecule has 3 rings (SSSR count). The second-order valence-corrected chi connectivity index (χ2v) is 6.80. The third kappa shape index (κ3) is 5.32. The predicted octanol–water partition coefficient (Wildman–Crippen LogP) is 3.81. The van der Waals surface area contributed by atoms with Crippen molar-refractivity contribution in [3.8, 4) is 11.5 Å². The average Bonchev–Trinajstić information content (AvgIpc) is 3.25. The molecule has 0 aliphatic carbocycles. The molecular formula is C21H20N2O5S. The van der Waals surface area contributed by atoms with Crippen molar-refractivity contribution in [2.24, 2.45) is 0 Å². The van der Waals surface area contributed by atoms with Crippen LogP contribution in [-0.2, 0) is 11.3 Å². The minimum Gasteiger partial charge on any atom is -0.497 e. The maximum atomic E-state index is 12.4. The fraction of sp³-hybridized carbons (Fsp3) is 0.190. The van der Waals surface area contributed by atoms with Crippen LogP contribution in [0.5, 0.6) is 11.5 Å². The number of rotatable bonds is 9. The zero-order valence-electron chi connectivity index (χ0n) is 16.0. The normalized spacial score (nSPS) is 10.3. The molecule has 0 bridgehead atoms. The van der Waals surface area contributed by atoms with Crippen molar-refractivity contribution in [3.05, 3.63) is 70.7 Å². The Bertz CT molecular complexity index is 988. The highest BCUT2D eigenvalue weighted by Gasteiger charge is 2.18. The number of carbonyl (C=O) groups is 2. The molecule has 1 N–H and O–H groups in total. The zero-order valence-corrected chi connectivity index (χ0v) is 16.8. The van der Waals surface area contributed by atoms with Gasteiger partial charge in [0, 0.05) is 18.0 Å². The molecule has 0 amide bonds. The van der Waals surface area contributed by atoms with Gasteiger partial charge in [-0.25, -0.2) is 9.78 Å². The number of benzene rings is 2. The van der Waals surface area contributed by atoms with Gasteiger partial charge in [0.2, 0.25) is 5.78 Å². The van der Waals surface area contributed by atoms with Crippen molar-refractivity contribution >= 4 is 28.2 Å². The van der Waals surface area contributed by atoms with Gasteiger partial charge in [0.15, 0.2) is 17.4 Å². The monoisotopic (exact) mass is 412 g/mol. The van der Waals surface area contributed by atoms with Gasteiger partial charge in [-0.1, -0.05) is 30.3 Å². The molecule has 0 spiro atoms. The fourth-order valence-electron chi connectivity index (χ4n) is 2.53. The Morgan fingerprint density at radius 1 is 1.07 bits per heavy atom. The van der Waals surface area contributed by atoms with E-state index in [-0.39, 0.29) is 11.5 Å². The highest BCUT2D eigenvalue weighted by Crippen LogP contribution is 2.25. The fourth-order valence-corrected chi connectivity index (χ4v) is 3.21. The van der Waals surface area contributed by atoms with Gasteiger partial charge in [-0.2, -0.15) is 0 Å². The van der Waals surface area contributed by atoms with E-state index in [1.54, 1.807) is 23.6 Å². The van der Waals surface area contributed by atoms with E-state index >= 15 is 0 Å². The second-order valence-electron chi connectivity index (χ2n) is 5.94. The van der Waals surface area contributed by atoms with Crippen molar-refractivity contribution < 1.29 is 23.8 Å². The third-order valence-corrected chi connectivity index (χ3v) is 4.84. The van der Waals surface area contributed by atoms with Crippen LogP contribution in [0.1, 0.15) is 26.4 Å².